The summed E-state index contributed by atoms with van der Waals surface area (Å²) in [5.74, 6) is 0.765. The molecular weight excluding hydrogens is 310 g/mol. The second kappa shape index (κ2) is 8.30. The van der Waals surface area contributed by atoms with Gasteiger partial charge >= 0.3 is 17.1 Å². The van der Waals surface area contributed by atoms with Gasteiger partial charge in [0, 0.05) is 25.5 Å². The van der Waals surface area contributed by atoms with Crippen LogP contribution < -0.4 is 5.43 Å². The standard InChI is InChI=1S/C12H19N5S.Cu/c1-10(11-13-6-7-14-11)15-16-12(18)17-8-4-2-3-5-9-17;/h6-7H,2-5,8-9H2,1H3,(H,13,14)(H,16,18);/q;+2/b15-10+;. The molecular formula is C12H19CuN5S+2. The van der Waals surface area contributed by atoms with Crippen molar-refractivity contribution in [2.45, 2.75) is 32.6 Å². The molecule has 0 unspecified atom stereocenters. The Morgan fingerprint density at radius 2 is 2.05 bits per heavy atom. The second-order valence-corrected chi connectivity index (χ2v) is 4.84. The number of hydrogen-bond donors (Lipinski definition) is 2. The number of nitrogens with zero attached hydrogens (tertiary/aromatic N) is 3. The number of thiocarbonyl (C=S) groups is 1. The fourth-order valence-electron chi connectivity index (χ4n) is 1.99. The van der Waals surface area contributed by atoms with Crippen LogP contribution in [0.5, 0.6) is 0 Å². The SMILES string of the molecule is C/C(=N\NC(=S)N1CCCCCC1)c1ncc[nH]1.[Cu+2]. The molecule has 1 fully saturated rings. The molecule has 0 bridgehead atoms. The van der Waals surface area contributed by atoms with Crippen LogP contribution in [0.1, 0.15) is 38.4 Å². The van der Waals surface area contributed by atoms with Crippen molar-refractivity contribution in [1.82, 2.24) is 20.3 Å². The first-order valence-corrected chi connectivity index (χ1v) is 6.77. The first-order valence-electron chi connectivity index (χ1n) is 6.36. The minimum absolute atomic E-state index is 0. The largest absolute Gasteiger partial charge is 2.00 e. The molecule has 0 spiro atoms. The third kappa shape index (κ3) is 4.93. The van der Waals surface area contributed by atoms with Gasteiger partial charge in [-0.15, -0.1) is 0 Å². The molecule has 0 aliphatic carbocycles. The zero-order chi connectivity index (χ0) is 12.8. The maximum Gasteiger partial charge on any atom is 2.00 e. The summed E-state index contributed by atoms with van der Waals surface area (Å²) in [6, 6.07) is 0. The molecule has 1 saturated heterocycles. The summed E-state index contributed by atoms with van der Waals surface area (Å²) in [6.07, 6.45) is 8.51. The van der Waals surface area contributed by atoms with E-state index < -0.39 is 0 Å². The molecule has 1 radical (unpaired) electrons. The third-order valence-electron chi connectivity index (χ3n) is 3.05. The number of likely N-dealkylation sites (tertiary alicyclic amines) is 1. The predicted octanol–water partition coefficient (Wildman–Crippen LogP) is 1.88. The van der Waals surface area contributed by atoms with Crippen molar-refractivity contribution in [2.75, 3.05) is 13.1 Å². The summed E-state index contributed by atoms with van der Waals surface area (Å²) in [5, 5.41) is 4.97. The van der Waals surface area contributed by atoms with Crippen molar-refractivity contribution in [3.05, 3.63) is 18.2 Å². The minimum Gasteiger partial charge on any atom is -0.348 e. The Morgan fingerprint density at radius 1 is 1.37 bits per heavy atom. The van der Waals surface area contributed by atoms with Gasteiger partial charge in [0.2, 0.25) is 0 Å². The summed E-state index contributed by atoms with van der Waals surface area (Å²) in [7, 11) is 0. The van der Waals surface area contributed by atoms with E-state index in [4.69, 9.17) is 12.2 Å². The van der Waals surface area contributed by atoms with Gasteiger partial charge in [-0.1, -0.05) is 12.8 Å². The van der Waals surface area contributed by atoms with Gasteiger partial charge in [0.1, 0.15) is 5.71 Å². The molecule has 1 aromatic heterocycles. The molecule has 2 N–H and O–H groups in total. The van der Waals surface area contributed by atoms with Crippen molar-refractivity contribution in [3.8, 4) is 0 Å². The van der Waals surface area contributed by atoms with Gasteiger partial charge in [-0.05, 0) is 32.0 Å². The molecule has 107 valence electrons. The zero-order valence-electron chi connectivity index (χ0n) is 10.9. The average molecular weight is 329 g/mol. The molecule has 0 aromatic carbocycles. The Bertz CT molecular complexity index is 410. The van der Waals surface area contributed by atoms with Gasteiger partial charge in [0.05, 0.1) is 0 Å². The molecule has 2 heterocycles. The summed E-state index contributed by atoms with van der Waals surface area (Å²) < 4.78 is 0. The Labute approximate surface area is 129 Å². The number of rotatable bonds is 2. The molecule has 7 heteroatoms. The van der Waals surface area contributed by atoms with E-state index in [2.05, 4.69) is 25.4 Å². The molecule has 1 aromatic rings. The predicted molar refractivity (Wildman–Crippen MR) is 76.6 cm³/mol. The van der Waals surface area contributed by atoms with Crippen LogP contribution in [0.15, 0.2) is 17.5 Å². The van der Waals surface area contributed by atoms with E-state index in [1.807, 2.05) is 6.92 Å². The van der Waals surface area contributed by atoms with Gasteiger partial charge in [-0.3, -0.25) is 5.43 Å². The molecule has 0 amide bonds. The van der Waals surface area contributed by atoms with E-state index in [1.165, 1.54) is 25.7 Å². The summed E-state index contributed by atoms with van der Waals surface area (Å²) >= 11 is 5.36. The van der Waals surface area contributed by atoms with Crippen LogP contribution in [0.3, 0.4) is 0 Å². The topological polar surface area (TPSA) is 56.3 Å². The number of aromatic amines is 1. The van der Waals surface area contributed by atoms with Gasteiger partial charge in [0.15, 0.2) is 10.9 Å². The van der Waals surface area contributed by atoms with Gasteiger partial charge in [-0.2, -0.15) is 5.10 Å². The number of hydrazone groups is 1. The summed E-state index contributed by atoms with van der Waals surface area (Å²) in [5.41, 5.74) is 3.76. The van der Waals surface area contributed by atoms with E-state index in [0.29, 0.717) is 5.11 Å². The van der Waals surface area contributed by atoms with Crippen molar-refractivity contribution in [3.63, 3.8) is 0 Å². The fourth-order valence-corrected chi connectivity index (χ4v) is 2.22. The zero-order valence-corrected chi connectivity index (χ0v) is 12.7. The molecule has 1 aliphatic heterocycles. The first-order chi connectivity index (χ1) is 8.77. The molecule has 2 rings (SSSR count). The van der Waals surface area contributed by atoms with Gasteiger partial charge in [0.25, 0.3) is 0 Å². The number of aromatic nitrogens is 2. The molecule has 0 saturated carbocycles. The van der Waals surface area contributed by atoms with E-state index in [-0.39, 0.29) is 17.1 Å². The van der Waals surface area contributed by atoms with Gasteiger partial charge in [-0.25, -0.2) is 4.98 Å². The van der Waals surface area contributed by atoms with Crippen LogP contribution >= 0.6 is 12.2 Å². The number of hydrogen-bond acceptors (Lipinski definition) is 3. The number of H-pyrrole nitrogens is 1. The van der Waals surface area contributed by atoms with Crippen LogP contribution in [0.4, 0.5) is 0 Å². The Balaban J connectivity index is 0.00000180. The number of imidazole rings is 1. The van der Waals surface area contributed by atoms with Gasteiger partial charge < -0.3 is 9.88 Å². The second-order valence-electron chi connectivity index (χ2n) is 4.45. The maximum absolute atomic E-state index is 5.36. The van der Waals surface area contributed by atoms with Crippen LogP contribution in [0.25, 0.3) is 0 Å². The van der Waals surface area contributed by atoms with Crippen molar-refractivity contribution < 1.29 is 17.1 Å². The smallest absolute Gasteiger partial charge is 0.348 e. The van der Waals surface area contributed by atoms with Crippen LogP contribution in [0, 0.1) is 0 Å². The van der Waals surface area contributed by atoms with Crippen LogP contribution in [-0.2, 0) is 17.1 Å². The Morgan fingerprint density at radius 3 is 2.63 bits per heavy atom. The van der Waals surface area contributed by atoms with Crippen LogP contribution in [-0.4, -0.2) is 38.8 Å². The summed E-state index contributed by atoms with van der Waals surface area (Å²) in [4.78, 5) is 9.35. The monoisotopic (exact) mass is 328 g/mol. The normalized spacial score (nSPS) is 16.5. The average Bonchev–Trinajstić information content (AvgIpc) is 2.78. The Hall–Kier alpha value is -0.911. The third-order valence-corrected chi connectivity index (χ3v) is 3.40. The quantitative estimate of drug-likeness (QED) is 0.377. The molecule has 19 heavy (non-hydrogen) atoms. The maximum atomic E-state index is 5.36. The van der Waals surface area contributed by atoms with E-state index in [1.54, 1.807) is 12.4 Å². The van der Waals surface area contributed by atoms with E-state index >= 15 is 0 Å². The summed E-state index contributed by atoms with van der Waals surface area (Å²) in [6.45, 7) is 3.96. The van der Waals surface area contributed by atoms with E-state index in [9.17, 15) is 0 Å². The number of nitrogens with one attached hydrogen (secondary N) is 2. The fraction of sp³-hybridized carbons (Fsp3) is 0.583. The minimum atomic E-state index is 0. The molecule has 5 nitrogen and oxygen atoms in total. The van der Waals surface area contributed by atoms with Crippen molar-refractivity contribution >= 4 is 23.0 Å². The van der Waals surface area contributed by atoms with Crippen molar-refractivity contribution in [2.24, 2.45) is 5.10 Å². The first kappa shape index (κ1) is 16.1. The van der Waals surface area contributed by atoms with Crippen molar-refractivity contribution in [1.29, 1.82) is 0 Å². The van der Waals surface area contributed by atoms with E-state index in [0.717, 1.165) is 24.6 Å². The Kier molecular flexibility index (Phi) is 7.05. The molecule has 0 atom stereocenters. The van der Waals surface area contributed by atoms with Crippen LogP contribution in [0.2, 0.25) is 0 Å². The molecule has 1 aliphatic rings.